The molecule has 2 rings (SSSR count). The van der Waals surface area contributed by atoms with Crippen LogP contribution in [0.1, 0.15) is 32.3 Å². The molecule has 8 nitrogen and oxygen atoms in total. The van der Waals surface area contributed by atoms with Crippen LogP contribution in [0.2, 0.25) is 0 Å². The van der Waals surface area contributed by atoms with Gasteiger partial charge < -0.3 is 18.9 Å². The van der Waals surface area contributed by atoms with Crippen LogP contribution in [0.25, 0.3) is 0 Å². The van der Waals surface area contributed by atoms with Crippen LogP contribution in [0.5, 0.6) is 5.75 Å². The molecule has 0 aliphatic carbocycles. The number of hydrogen-bond acceptors (Lipinski definition) is 7. The summed E-state index contributed by atoms with van der Waals surface area (Å²) in [5, 5.41) is 0. The summed E-state index contributed by atoms with van der Waals surface area (Å²) in [7, 11) is 3.88. The van der Waals surface area contributed by atoms with E-state index in [1.165, 1.54) is 21.3 Å². The molecule has 0 bridgehead atoms. The monoisotopic (exact) mass is 365 g/mol. The first-order valence-electron chi connectivity index (χ1n) is 8.00. The third-order valence-corrected chi connectivity index (χ3v) is 3.91. The van der Waals surface area contributed by atoms with Crippen molar-refractivity contribution in [3.8, 4) is 5.75 Å². The number of rotatable bonds is 3. The highest BCUT2D eigenvalue weighted by atomic mass is 16.6. The summed E-state index contributed by atoms with van der Waals surface area (Å²) in [6, 6.07) is 3.59. The second-order valence-corrected chi connectivity index (χ2v) is 6.74. The van der Waals surface area contributed by atoms with Crippen molar-refractivity contribution in [1.29, 1.82) is 0 Å². The lowest BCUT2D eigenvalue weighted by atomic mass is 9.95. The molecule has 0 fully saturated rings. The molecule has 1 amide bonds. The molecule has 26 heavy (non-hydrogen) atoms. The van der Waals surface area contributed by atoms with Gasteiger partial charge in [0.05, 0.1) is 27.0 Å². The van der Waals surface area contributed by atoms with E-state index < -0.39 is 35.6 Å². The molecule has 1 aliphatic rings. The Kier molecular flexibility index (Phi) is 5.44. The Labute approximate surface area is 152 Å². The predicted molar refractivity (Wildman–Crippen MR) is 92.3 cm³/mol. The van der Waals surface area contributed by atoms with Crippen LogP contribution < -0.4 is 9.64 Å². The predicted octanol–water partition coefficient (Wildman–Crippen LogP) is 2.25. The van der Waals surface area contributed by atoms with Crippen molar-refractivity contribution in [2.24, 2.45) is 0 Å². The number of amides is 1. The second kappa shape index (κ2) is 7.23. The third kappa shape index (κ3) is 3.58. The van der Waals surface area contributed by atoms with Gasteiger partial charge in [-0.25, -0.2) is 9.59 Å². The molecule has 0 saturated heterocycles. The lowest BCUT2D eigenvalue weighted by molar-refractivity contribution is -0.150. The van der Waals surface area contributed by atoms with Gasteiger partial charge in [0.2, 0.25) is 0 Å². The van der Waals surface area contributed by atoms with Crippen molar-refractivity contribution in [2.45, 2.75) is 38.3 Å². The van der Waals surface area contributed by atoms with E-state index in [4.69, 9.17) is 18.9 Å². The van der Waals surface area contributed by atoms with Gasteiger partial charge in [0.25, 0.3) is 0 Å². The van der Waals surface area contributed by atoms with Crippen LogP contribution >= 0.6 is 0 Å². The molecule has 0 unspecified atom stereocenters. The summed E-state index contributed by atoms with van der Waals surface area (Å²) in [4.78, 5) is 38.8. The maximum atomic E-state index is 12.8. The van der Waals surface area contributed by atoms with Gasteiger partial charge in [0.1, 0.15) is 17.3 Å². The minimum Gasteiger partial charge on any atom is -0.497 e. The first-order valence-corrected chi connectivity index (χ1v) is 8.00. The van der Waals surface area contributed by atoms with Gasteiger partial charge in [-0.2, -0.15) is 0 Å². The normalized spacial score (nSPS) is 18.8. The number of carbonyl (C=O) groups is 3. The third-order valence-electron chi connectivity index (χ3n) is 3.91. The van der Waals surface area contributed by atoms with Crippen LogP contribution in [0.4, 0.5) is 10.5 Å². The molecule has 8 heteroatoms. The SMILES string of the molecule is COC(=O)[C@@H]1[C@@H](C(=O)OC)c2cc(OC)ccc2N1C(=O)OC(C)(C)C. The molecular weight excluding hydrogens is 342 g/mol. The lowest BCUT2D eigenvalue weighted by Crippen LogP contribution is -2.48. The van der Waals surface area contributed by atoms with Crippen LogP contribution in [0, 0.1) is 0 Å². The number of methoxy groups -OCH3 is 3. The van der Waals surface area contributed by atoms with E-state index in [-0.39, 0.29) is 0 Å². The molecular formula is C18H23NO7. The molecule has 142 valence electrons. The van der Waals surface area contributed by atoms with Gasteiger partial charge in [-0.15, -0.1) is 0 Å². The summed E-state index contributed by atoms with van der Waals surface area (Å²) in [5.74, 6) is -1.99. The Hall–Kier alpha value is -2.77. The molecule has 0 radical (unpaired) electrons. The van der Waals surface area contributed by atoms with E-state index in [1.807, 2.05) is 0 Å². The number of benzene rings is 1. The molecule has 0 spiro atoms. The number of hydrogen-bond donors (Lipinski definition) is 0. The Bertz CT molecular complexity index is 723. The molecule has 0 saturated carbocycles. The maximum Gasteiger partial charge on any atom is 0.415 e. The molecule has 1 aliphatic heterocycles. The topological polar surface area (TPSA) is 91.4 Å². The van der Waals surface area contributed by atoms with Gasteiger partial charge in [-0.3, -0.25) is 9.69 Å². The van der Waals surface area contributed by atoms with Crippen LogP contribution in [0.3, 0.4) is 0 Å². The van der Waals surface area contributed by atoms with Crippen LogP contribution in [-0.4, -0.2) is 51.0 Å². The number of anilines is 1. The summed E-state index contributed by atoms with van der Waals surface area (Å²) in [6.07, 6.45) is -0.759. The van der Waals surface area contributed by atoms with Gasteiger partial charge in [-0.05, 0) is 44.5 Å². The standard InChI is InChI=1S/C18H23NO7/c1-18(2,3)26-17(22)19-12-8-7-10(23-4)9-11(12)13(15(20)24-5)14(19)16(21)25-6/h7-9,13-14H,1-6H3/t13-,14-/m0/s1. The van der Waals surface area contributed by atoms with E-state index in [2.05, 4.69) is 0 Å². The highest BCUT2D eigenvalue weighted by molar-refractivity contribution is 6.05. The zero-order valence-electron chi connectivity index (χ0n) is 15.7. The fourth-order valence-corrected chi connectivity index (χ4v) is 2.87. The molecule has 2 atom stereocenters. The molecule has 0 aromatic heterocycles. The van der Waals surface area contributed by atoms with E-state index in [0.717, 1.165) is 4.90 Å². The maximum absolute atomic E-state index is 12.8. The largest absolute Gasteiger partial charge is 0.497 e. The van der Waals surface area contributed by atoms with E-state index in [1.54, 1.807) is 39.0 Å². The fourth-order valence-electron chi connectivity index (χ4n) is 2.87. The smallest absolute Gasteiger partial charge is 0.415 e. The number of esters is 2. The van der Waals surface area contributed by atoms with Crippen LogP contribution in [0.15, 0.2) is 18.2 Å². The van der Waals surface area contributed by atoms with Gasteiger partial charge in [-0.1, -0.05) is 0 Å². The van der Waals surface area contributed by atoms with Crippen molar-refractivity contribution < 1.29 is 33.3 Å². The van der Waals surface area contributed by atoms with Crippen LogP contribution in [-0.2, 0) is 23.8 Å². The highest BCUT2D eigenvalue weighted by Crippen LogP contribution is 2.44. The Morgan fingerprint density at radius 3 is 2.12 bits per heavy atom. The zero-order chi connectivity index (χ0) is 19.6. The van der Waals surface area contributed by atoms with Gasteiger partial charge in [0.15, 0.2) is 6.04 Å². The molecule has 1 aromatic rings. The summed E-state index contributed by atoms with van der Waals surface area (Å²) in [6.45, 7) is 5.13. The number of fused-ring (bicyclic) bond motifs is 1. The Balaban J connectivity index is 2.62. The van der Waals surface area contributed by atoms with Crippen molar-refractivity contribution >= 4 is 23.7 Å². The van der Waals surface area contributed by atoms with Gasteiger partial charge >= 0.3 is 18.0 Å². The van der Waals surface area contributed by atoms with Crippen molar-refractivity contribution in [1.82, 2.24) is 0 Å². The average Bonchev–Trinajstić information content (AvgIpc) is 2.93. The fraction of sp³-hybridized carbons (Fsp3) is 0.500. The Morgan fingerprint density at radius 1 is 1.00 bits per heavy atom. The molecule has 1 heterocycles. The summed E-state index contributed by atoms with van der Waals surface area (Å²) >= 11 is 0. The lowest BCUT2D eigenvalue weighted by Gasteiger charge is -2.29. The second-order valence-electron chi connectivity index (χ2n) is 6.74. The zero-order valence-corrected chi connectivity index (χ0v) is 15.7. The first kappa shape index (κ1) is 19.6. The minimum absolute atomic E-state index is 0.367. The summed E-state index contributed by atoms with van der Waals surface area (Å²) in [5.41, 5.74) is 0.0107. The molecule has 1 aromatic carbocycles. The number of ether oxygens (including phenoxy) is 4. The van der Waals surface area contributed by atoms with Crippen molar-refractivity contribution in [3.05, 3.63) is 23.8 Å². The van der Waals surface area contributed by atoms with Crippen molar-refractivity contribution in [2.75, 3.05) is 26.2 Å². The molecule has 0 N–H and O–H groups in total. The summed E-state index contributed by atoms with van der Waals surface area (Å²) < 4.78 is 20.3. The quantitative estimate of drug-likeness (QED) is 0.599. The Morgan fingerprint density at radius 2 is 1.62 bits per heavy atom. The number of carbonyl (C=O) groups excluding carboxylic acids is 3. The van der Waals surface area contributed by atoms with E-state index >= 15 is 0 Å². The van der Waals surface area contributed by atoms with Crippen molar-refractivity contribution in [3.63, 3.8) is 0 Å². The highest BCUT2D eigenvalue weighted by Gasteiger charge is 2.52. The number of nitrogens with zero attached hydrogens (tertiary/aromatic N) is 1. The minimum atomic E-state index is -1.23. The first-order chi connectivity index (χ1) is 12.1. The van der Waals surface area contributed by atoms with E-state index in [0.29, 0.717) is 17.0 Å². The average molecular weight is 365 g/mol. The van der Waals surface area contributed by atoms with Gasteiger partial charge in [0, 0.05) is 0 Å². The van der Waals surface area contributed by atoms with E-state index in [9.17, 15) is 14.4 Å².